The third-order valence-corrected chi connectivity index (χ3v) is 5.64. The van der Waals surface area contributed by atoms with E-state index in [9.17, 15) is 4.79 Å². The number of benzene rings is 1. The van der Waals surface area contributed by atoms with Crippen molar-refractivity contribution in [1.29, 1.82) is 0 Å². The van der Waals surface area contributed by atoms with E-state index in [0.29, 0.717) is 12.5 Å². The third kappa shape index (κ3) is 3.55. The van der Waals surface area contributed by atoms with Gasteiger partial charge in [-0.25, -0.2) is 9.97 Å². The van der Waals surface area contributed by atoms with E-state index in [0.717, 1.165) is 55.0 Å². The molecule has 2 aliphatic heterocycles. The van der Waals surface area contributed by atoms with Crippen LogP contribution in [0.15, 0.2) is 48.8 Å². The van der Waals surface area contributed by atoms with Crippen LogP contribution in [0.25, 0.3) is 11.4 Å². The summed E-state index contributed by atoms with van der Waals surface area (Å²) in [6.45, 7) is 2.45. The van der Waals surface area contributed by atoms with Crippen LogP contribution in [0.3, 0.4) is 0 Å². The number of hydrogen-bond donors (Lipinski definition) is 3. The fraction of sp³-hybridized carbons (Fsp3) is 0.318. The lowest BCUT2D eigenvalue weighted by molar-refractivity contribution is 0.0941. The van der Waals surface area contributed by atoms with Crippen LogP contribution in [-0.4, -0.2) is 46.5 Å². The van der Waals surface area contributed by atoms with Gasteiger partial charge in [-0.1, -0.05) is 12.1 Å². The number of nitrogens with one attached hydrogen (secondary N) is 3. The Morgan fingerprint density at radius 1 is 1.21 bits per heavy atom. The number of rotatable bonds is 4. The minimum absolute atomic E-state index is 0.0100. The molecule has 0 bridgehead atoms. The van der Waals surface area contributed by atoms with Gasteiger partial charge in [0.1, 0.15) is 0 Å². The number of anilines is 2. The highest BCUT2D eigenvalue weighted by atomic mass is 16.1. The molecule has 1 saturated heterocycles. The van der Waals surface area contributed by atoms with Crippen molar-refractivity contribution in [2.24, 2.45) is 0 Å². The second-order valence-corrected chi connectivity index (χ2v) is 7.60. The van der Waals surface area contributed by atoms with Gasteiger partial charge in [0, 0.05) is 38.1 Å². The van der Waals surface area contributed by atoms with Crippen LogP contribution in [-0.2, 0) is 6.42 Å². The van der Waals surface area contributed by atoms with Crippen molar-refractivity contribution in [3.05, 3.63) is 59.9 Å². The summed E-state index contributed by atoms with van der Waals surface area (Å²) in [4.78, 5) is 27.4. The molecule has 7 nitrogen and oxygen atoms in total. The number of carbonyl (C=O) groups excluding carboxylic acids is 1. The van der Waals surface area contributed by atoms with Gasteiger partial charge in [-0.05, 0) is 49.1 Å². The number of fused-ring (bicyclic) bond motifs is 1. The van der Waals surface area contributed by atoms with Crippen molar-refractivity contribution in [2.45, 2.75) is 25.3 Å². The molecule has 1 atom stereocenters. The molecular formula is C22H24N6O. The zero-order valence-corrected chi connectivity index (χ0v) is 16.2. The van der Waals surface area contributed by atoms with Gasteiger partial charge in [0.25, 0.3) is 5.91 Å². The molecule has 1 fully saturated rings. The van der Waals surface area contributed by atoms with Gasteiger partial charge in [-0.3, -0.25) is 4.79 Å². The Morgan fingerprint density at radius 2 is 2.17 bits per heavy atom. The first kappa shape index (κ1) is 17.7. The summed E-state index contributed by atoms with van der Waals surface area (Å²) < 4.78 is 0. The van der Waals surface area contributed by atoms with Gasteiger partial charge < -0.3 is 20.5 Å². The molecule has 0 aliphatic carbocycles. The molecule has 4 heterocycles. The number of nitrogens with zero attached hydrogens (tertiary/aromatic N) is 3. The molecule has 0 radical (unpaired) electrons. The number of para-hydroxylation sites is 1. The van der Waals surface area contributed by atoms with E-state index in [1.165, 1.54) is 5.56 Å². The minimum Gasteiger partial charge on any atom is -0.384 e. The fourth-order valence-corrected chi connectivity index (χ4v) is 4.16. The molecule has 1 aromatic carbocycles. The van der Waals surface area contributed by atoms with E-state index in [4.69, 9.17) is 0 Å². The third-order valence-electron chi connectivity index (χ3n) is 5.64. The van der Waals surface area contributed by atoms with Crippen molar-refractivity contribution < 1.29 is 4.79 Å². The van der Waals surface area contributed by atoms with E-state index in [1.807, 2.05) is 36.5 Å². The second-order valence-electron chi connectivity index (χ2n) is 7.60. The lowest BCUT2D eigenvalue weighted by Crippen LogP contribution is -2.38. The first-order valence-corrected chi connectivity index (χ1v) is 10.2. The molecule has 1 unspecified atom stereocenters. The molecule has 7 heteroatoms. The van der Waals surface area contributed by atoms with Crippen LogP contribution >= 0.6 is 0 Å². The van der Waals surface area contributed by atoms with Crippen LogP contribution in [0.1, 0.15) is 28.8 Å². The summed E-state index contributed by atoms with van der Waals surface area (Å²) in [5, 5.41) is 6.60. The van der Waals surface area contributed by atoms with E-state index in [1.54, 1.807) is 6.20 Å². The Hall–Kier alpha value is -3.35. The monoisotopic (exact) mass is 388 g/mol. The fourth-order valence-electron chi connectivity index (χ4n) is 4.16. The topological polar surface area (TPSA) is 85.9 Å². The van der Waals surface area contributed by atoms with Crippen molar-refractivity contribution in [2.75, 3.05) is 29.9 Å². The minimum atomic E-state index is -0.0100. The van der Waals surface area contributed by atoms with Crippen LogP contribution in [0.4, 0.5) is 11.6 Å². The van der Waals surface area contributed by atoms with E-state index in [-0.39, 0.29) is 11.9 Å². The Labute approximate surface area is 169 Å². The standard InChI is InChI=1S/C22H24N6O/c29-21(17-6-1-4-15-5-2-11-24-20(15)17)26-16-9-13-28(14-16)22-25-12-8-19(27-22)18-7-3-10-23-18/h1,3-4,6-8,10,12,16,23-24H,2,5,9,11,13-14H2,(H,26,29). The van der Waals surface area contributed by atoms with Gasteiger partial charge in [0.2, 0.25) is 5.95 Å². The molecule has 3 aromatic rings. The number of aromatic nitrogens is 3. The van der Waals surface area contributed by atoms with Gasteiger partial charge in [0.15, 0.2) is 0 Å². The molecule has 1 amide bonds. The van der Waals surface area contributed by atoms with Gasteiger partial charge in [0.05, 0.1) is 22.6 Å². The zero-order valence-electron chi connectivity index (χ0n) is 16.2. The van der Waals surface area contributed by atoms with Crippen molar-refractivity contribution in [1.82, 2.24) is 20.3 Å². The van der Waals surface area contributed by atoms with Crippen LogP contribution < -0.4 is 15.5 Å². The van der Waals surface area contributed by atoms with Gasteiger partial charge >= 0.3 is 0 Å². The number of carbonyl (C=O) groups is 1. The average Bonchev–Trinajstić information content (AvgIpc) is 3.46. The number of aromatic amines is 1. The SMILES string of the molecule is O=C(NC1CCN(c2nccc(-c3ccc[nH]3)n2)C1)c1cccc2c1NCCC2. The quantitative estimate of drug-likeness (QED) is 0.640. The van der Waals surface area contributed by atoms with Crippen LogP contribution in [0, 0.1) is 0 Å². The molecule has 3 N–H and O–H groups in total. The molecule has 148 valence electrons. The molecule has 0 spiro atoms. The van der Waals surface area contributed by atoms with Crippen molar-refractivity contribution >= 4 is 17.5 Å². The average molecular weight is 388 g/mol. The lowest BCUT2D eigenvalue weighted by Gasteiger charge is -2.22. The van der Waals surface area contributed by atoms with Crippen molar-refractivity contribution in [3.63, 3.8) is 0 Å². The summed E-state index contributed by atoms with van der Waals surface area (Å²) in [5.74, 6) is 0.691. The number of amides is 1. The number of hydrogen-bond acceptors (Lipinski definition) is 5. The Kier molecular flexibility index (Phi) is 4.63. The maximum atomic E-state index is 12.9. The summed E-state index contributed by atoms with van der Waals surface area (Å²) >= 11 is 0. The summed E-state index contributed by atoms with van der Waals surface area (Å²) in [6.07, 6.45) is 6.68. The van der Waals surface area contributed by atoms with E-state index in [2.05, 4.69) is 36.6 Å². The number of aryl methyl sites for hydroxylation is 1. The molecule has 2 aliphatic rings. The summed E-state index contributed by atoms with van der Waals surface area (Å²) in [7, 11) is 0. The maximum absolute atomic E-state index is 12.9. The predicted octanol–water partition coefficient (Wildman–Crippen LogP) is 2.84. The molecule has 29 heavy (non-hydrogen) atoms. The molecule has 0 saturated carbocycles. The Bertz CT molecular complexity index is 1020. The highest BCUT2D eigenvalue weighted by molar-refractivity contribution is 6.00. The van der Waals surface area contributed by atoms with Crippen LogP contribution in [0.5, 0.6) is 0 Å². The zero-order chi connectivity index (χ0) is 19.6. The summed E-state index contributed by atoms with van der Waals surface area (Å²) in [5.41, 5.74) is 4.80. The Morgan fingerprint density at radius 3 is 3.07 bits per heavy atom. The first-order chi connectivity index (χ1) is 14.3. The second kappa shape index (κ2) is 7.58. The lowest BCUT2D eigenvalue weighted by atomic mass is 9.99. The molecule has 5 rings (SSSR count). The Balaban J connectivity index is 1.27. The van der Waals surface area contributed by atoms with Gasteiger partial charge in [-0.2, -0.15) is 0 Å². The smallest absolute Gasteiger partial charge is 0.253 e. The predicted molar refractivity (Wildman–Crippen MR) is 113 cm³/mol. The largest absolute Gasteiger partial charge is 0.384 e. The van der Waals surface area contributed by atoms with Crippen molar-refractivity contribution in [3.8, 4) is 11.4 Å². The highest BCUT2D eigenvalue weighted by Gasteiger charge is 2.27. The highest BCUT2D eigenvalue weighted by Crippen LogP contribution is 2.26. The first-order valence-electron chi connectivity index (χ1n) is 10.2. The van der Waals surface area contributed by atoms with E-state index < -0.39 is 0 Å². The molecular weight excluding hydrogens is 364 g/mol. The van der Waals surface area contributed by atoms with E-state index >= 15 is 0 Å². The van der Waals surface area contributed by atoms with Crippen LogP contribution in [0.2, 0.25) is 0 Å². The molecule has 2 aromatic heterocycles. The summed E-state index contributed by atoms with van der Waals surface area (Å²) in [6, 6.07) is 11.9. The maximum Gasteiger partial charge on any atom is 0.253 e. The normalized spacial score (nSPS) is 18.2. The van der Waals surface area contributed by atoms with Gasteiger partial charge in [-0.15, -0.1) is 0 Å². The number of H-pyrrole nitrogens is 1.